The maximum Gasteiger partial charge on any atom is 0.274 e. The van der Waals surface area contributed by atoms with Gasteiger partial charge in [0.25, 0.3) is 5.56 Å². The van der Waals surface area contributed by atoms with Crippen molar-refractivity contribution in [3.05, 3.63) is 70.6 Å². The lowest BCUT2D eigenvalue weighted by Crippen LogP contribution is -2.31. The van der Waals surface area contributed by atoms with Crippen molar-refractivity contribution in [1.82, 2.24) is 9.78 Å². The molecule has 0 amide bonds. The molecule has 1 aromatic heterocycles. The van der Waals surface area contributed by atoms with E-state index >= 15 is 0 Å². The van der Waals surface area contributed by atoms with Crippen LogP contribution in [0.25, 0.3) is 10.8 Å². The molecule has 0 aliphatic rings. The van der Waals surface area contributed by atoms with Crippen molar-refractivity contribution in [1.29, 1.82) is 0 Å². The van der Waals surface area contributed by atoms with E-state index in [1.54, 1.807) is 25.3 Å². The summed E-state index contributed by atoms with van der Waals surface area (Å²) in [6.45, 7) is 1.68. The van der Waals surface area contributed by atoms with Crippen molar-refractivity contribution >= 4 is 16.6 Å². The molecular formula is C21H22N2O4. The molecule has 0 spiro atoms. The zero-order valence-corrected chi connectivity index (χ0v) is 15.2. The normalized spacial score (nSPS) is 12.1. The number of carbonyl (C=O) groups is 1. The number of Topliss-reactive ketones (excluding diaryl/α,β-unsaturated/α-hetero) is 1. The number of hydrogen-bond donors (Lipinski definition) is 1. The molecule has 1 atom stereocenters. The van der Waals surface area contributed by atoms with Crippen LogP contribution >= 0.6 is 0 Å². The molecule has 0 radical (unpaired) electrons. The number of ether oxygens (including phenoxy) is 1. The Morgan fingerprint density at radius 3 is 2.67 bits per heavy atom. The molecule has 0 saturated heterocycles. The van der Waals surface area contributed by atoms with E-state index in [0.29, 0.717) is 24.0 Å². The molecule has 6 nitrogen and oxygen atoms in total. The Kier molecular flexibility index (Phi) is 5.98. The summed E-state index contributed by atoms with van der Waals surface area (Å²) < 4.78 is 6.84. The average Bonchev–Trinajstić information content (AvgIpc) is 2.68. The molecule has 1 heterocycles. The summed E-state index contributed by atoms with van der Waals surface area (Å²) in [6.07, 6.45) is 1.97. The number of aromatic nitrogens is 2. The third-order valence-electron chi connectivity index (χ3n) is 4.28. The van der Waals surface area contributed by atoms with Gasteiger partial charge in [0.1, 0.15) is 24.2 Å². The van der Waals surface area contributed by atoms with E-state index in [2.05, 4.69) is 5.10 Å². The summed E-state index contributed by atoms with van der Waals surface area (Å²) in [5.74, 6) is 0.787. The van der Waals surface area contributed by atoms with Crippen molar-refractivity contribution < 1.29 is 14.6 Å². The van der Waals surface area contributed by atoms with Crippen molar-refractivity contribution in [2.24, 2.45) is 0 Å². The number of nitrogens with zero attached hydrogens (tertiary/aromatic N) is 2. The fourth-order valence-electron chi connectivity index (χ4n) is 2.78. The van der Waals surface area contributed by atoms with Gasteiger partial charge in [0.15, 0.2) is 0 Å². The van der Waals surface area contributed by atoms with Gasteiger partial charge in [-0.1, -0.05) is 30.3 Å². The third-order valence-corrected chi connectivity index (χ3v) is 4.28. The minimum absolute atomic E-state index is 0.0493. The molecule has 27 heavy (non-hydrogen) atoms. The molecule has 2 aromatic carbocycles. The van der Waals surface area contributed by atoms with Crippen LogP contribution in [0.15, 0.2) is 59.5 Å². The monoisotopic (exact) mass is 366 g/mol. The zero-order valence-electron chi connectivity index (χ0n) is 15.2. The Hall–Kier alpha value is -2.99. The van der Waals surface area contributed by atoms with Crippen LogP contribution in [-0.4, -0.2) is 33.4 Å². The number of benzene rings is 2. The molecule has 1 unspecified atom stereocenters. The second-order valence-electron chi connectivity index (χ2n) is 6.53. The van der Waals surface area contributed by atoms with Crippen LogP contribution < -0.4 is 10.3 Å². The van der Waals surface area contributed by atoms with Gasteiger partial charge >= 0.3 is 0 Å². The topological polar surface area (TPSA) is 81.4 Å². The number of aliphatic hydroxyl groups excluding tert-OH is 1. The van der Waals surface area contributed by atoms with Crippen LogP contribution in [0.4, 0.5) is 0 Å². The van der Waals surface area contributed by atoms with E-state index in [1.807, 2.05) is 36.4 Å². The van der Waals surface area contributed by atoms with Crippen LogP contribution in [-0.2, 0) is 17.8 Å². The average molecular weight is 366 g/mol. The quantitative estimate of drug-likeness (QED) is 0.662. The number of rotatable bonds is 8. The van der Waals surface area contributed by atoms with Crippen LogP contribution in [0.2, 0.25) is 0 Å². The molecular weight excluding hydrogens is 344 g/mol. The lowest BCUT2D eigenvalue weighted by Gasteiger charge is -2.14. The molecule has 1 N–H and O–H groups in total. The summed E-state index contributed by atoms with van der Waals surface area (Å²) in [5.41, 5.74) is 0.826. The highest BCUT2D eigenvalue weighted by atomic mass is 16.5. The smallest absolute Gasteiger partial charge is 0.274 e. The first-order chi connectivity index (χ1) is 13.0. The van der Waals surface area contributed by atoms with E-state index in [4.69, 9.17) is 4.74 Å². The summed E-state index contributed by atoms with van der Waals surface area (Å²) >= 11 is 0. The summed E-state index contributed by atoms with van der Waals surface area (Å²) in [6, 6.07) is 14.6. The predicted octanol–water partition coefficient (Wildman–Crippen LogP) is 2.36. The molecule has 3 rings (SSSR count). The molecule has 0 saturated carbocycles. The molecule has 0 bridgehead atoms. The first-order valence-corrected chi connectivity index (χ1v) is 8.87. The van der Waals surface area contributed by atoms with E-state index in [0.717, 1.165) is 10.9 Å². The molecule has 6 heteroatoms. The van der Waals surface area contributed by atoms with Crippen molar-refractivity contribution in [3.63, 3.8) is 0 Å². The Balaban J connectivity index is 1.57. The highest BCUT2D eigenvalue weighted by molar-refractivity contribution is 5.80. The lowest BCUT2D eigenvalue weighted by molar-refractivity contribution is -0.116. The zero-order chi connectivity index (χ0) is 19.2. The summed E-state index contributed by atoms with van der Waals surface area (Å²) in [7, 11) is 0. The van der Waals surface area contributed by atoms with Crippen molar-refractivity contribution in [2.45, 2.75) is 32.4 Å². The third kappa shape index (κ3) is 5.01. The van der Waals surface area contributed by atoms with E-state index in [9.17, 15) is 14.7 Å². The minimum Gasteiger partial charge on any atom is -0.491 e. The Morgan fingerprint density at radius 1 is 1.19 bits per heavy atom. The molecule has 0 aliphatic carbocycles. The lowest BCUT2D eigenvalue weighted by atomic mass is 10.1. The maximum atomic E-state index is 12.4. The molecule has 3 aromatic rings. The van der Waals surface area contributed by atoms with Gasteiger partial charge in [0.05, 0.1) is 18.1 Å². The molecule has 140 valence electrons. The fourth-order valence-corrected chi connectivity index (χ4v) is 2.78. The first-order valence-electron chi connectivity index (χ1n) is 8.87. The van der Waals surface area contributed by atoms with Gasteiger partial charge in [-0.3, -0.25) is 4.79 Å². The van der Waals surface area contributed by atoms with Gasteiger partial charge in [0.2, 0.25) is 0 Å². The Bertz CT molecular complexity index is 979. The maximum absolute atomic E-state index is 12.4. The Labute approximate surface area is 157 Å². The van der Waals surface area contributed by atoms with Crippen LogP contribution in [0, 0.1) is 0 Å². The SMILES string of the molecule is CC(=O)CCc1ccc(OCC(O)Cn2ncc3ccccc3c2=O)cc1. The second kappa shape index (κ2) is 8.60. The van der Waals surface area contributed by atoms with Crippen molar-refractivity contribution in [2.75, 3.05) is 6.61 Å². The van der Waals surface area contributed by atoms with Gasteiger partial charge in [-0.25, -0.2) is 4.68 Å². The van der Waals surface area contributed by atoms with Gasteiger partial charge in [-0.2, -0.15) is 5.10 Å². The molecule has 0 aliphatic heterocycles. The standard InChI is InChI=1S/C21H22N2O4/c1-15(24)6-7-16-8-10-19(11-9-16)27-14-18(25)13-23-21(26)20-5-3-2-4-17(20)12-22-23/h2-5,8-12,18,25H,6-7,13-14H2,1H3. The van der Waals surface area contributed by atoms with E-state index in [1.165, 1.54) is 4.68 Å². The number of aryl methyl sites for hydroxylation is 1. The van der Waals surface area contributed by atoms with E-state index in [-0.39, 0.29) is 24.5 Å². The first kappa shape index (κ1) is 18.8. The summed E-state index contributed by atoms with van der Waals surface area (Å²) in [4.78, 5) is 23.4. The number of hydrogen-bond acceptors (Lipinski definition) is 5. The number of fused-ring (bicyclic) bond motifs is 1. The predicted molar refractivity (Wildman–Crippen MR) is 103 cm³/mol. The highest BCUT2D eigenvalue weighted by Crippen LogP contribution is 2.14. The largest absolute Gasteiger partial charge is 0.491 e. The van der Waals surface area contributed by atoms with Crippen molar-refractivity contribution in [3.8, 4) is 5.75 Å². The highest BCUT2D eigenvalue weighted by Gasteiger charge is 2.10. The van der Waals surface area contributed by atoms with Gasteiger partial charge < -0.3 is 14.6 Å². The van der Waals surface area contributed by atoms with Crippen LogP contribution in [0.1, 0.15) is 18.9 Å². The second-order valence-corrected chi connectivity index (χ2v) is 6.53. The number of aliphatic hydroxyl groups is 1. The number of ketones is 1. The minimum atomic E-state index is -0.867. The Morgan fingerprint density at radius 2 is 1.93 bits per heavy atom. The fraction of sp³-hybridized carbons (Fsp3) is 0.286. The van der Waals surface area contributed by atoms with Gasteiger partial charge in [0, 0.05) is 11.8 Å². The number of carbonyl (C=O) groups excluding carboxylic acids is 1. The van der Waals surface area contributed by atoms with Gasteiger partial charge in [-0.05, 0) is 37.1 Å². The van der Waals surface area contributed by atoms with Crippen LogP contribution in [0.3, 0.4) is 0 Å². The van der Waals surface area contributed by atoms with E-state index < -0.39 is 6.10 Å². The van der Waals surface area contributed by atoms with Crippen LogP contribution in [0.5, 0.6) is 5.75 Å². The molecule has 0 fully saturated rings. The van der Waals surface area contributed by atoms with Gasteiger partial charge in [-0.15, -0.1) is 0 Å². The summed E-state index contributed by atoms with van der Waals surface area (Å²) in [5, 5.41) is 15.7.